The fourth-order valence-electron chi connectivity index (χ4n) is 2.91. The maximum atomic E-state index is 12.3. The molecule has 0 aliphatic carbocycles. The topological polar surface area (TPSA) is 64.7 Å². The van der Waals surface area contributed by atoms with Crippen molar-refractivity contribution in [3.63, 3.8) is 0 Å². The highest BCUT2D eigenvalue weighted by molar-refractivity contribution is 5.78. The van der Waals surface area contributed by atoms with Gasteiger partial charge in [-0.3, -0.25) is 14.5 Å². The number of piperidine rings is 1. The maximum Gasteiger partial charge on any atom is 0.233 e. The molecular weight excluding hydrogens is 256 g/mol. The number of nitrogens with zero attached hydrogens (tertiary/aromatic N) is 2. The van der Waals surface area contributed by atoms with Crippen LogP contribution in [0.15, 0.2) is 0 Å². The Labute approximate surface area is 120 Å². The molecule has 1 atom stereocenters. The Bertz CT molecular complexity index is 334. The van der Waals surface area contributed by atoms with E-state index in [0.717, 1.165) is 45.7 Å². The number of carbonyl (C=O) groups is 2. The number of hydrogen-bond acceptors (Lipinski definition) is 4. The Hall–Kier alpha value is -1.14. The van der Waals surface area contributed by atoms with E-state index >= 15 is 0 Å². The summed E-state index contributed by atoms with van der Waals surface area (Å²) in [5.41, 5.74) is 0. The SMILES string of the molecule is CNC(=O)CN1CCN(C(=O)CC2CCCNC2)CC1. The second kappa shape index (κ2) is 7.59. The lowest BCUT2D eigenvalue weighted by Crippen LogP contribution is -2.51. The van der Waals surface area contributed by atoms with Crippen LogP contribution in [0.4, 0.5) is 0 Å². The zero-order valence-corrected chi connectivity index (χ0v) is 12.4. The van der Waals surface area contributed by atoms with Gasteiger partial charge in [-0.25, -0.2) is 0 Å². The minimum Gasteiger partial charge on any atom is -0.358 e. The Kier molecular flexibility index (Phi) is 5.79. The largest absolute Gasteiger partial charge is 0.358 e. The van der Waals surface area contributed by atoms with Crippen LogP contribution < -0.4 is 10.6 Å². The molecule has 2 aliphatic heterocycles. The average molecular weight is 282 g/mol. The lowest BCUT2D eigenvalue weighted by molar-refractivity contribution is -0.134. The molecule has 1 unspecified atom stereocenters. The van der Waals surface area contributed by atoms with E-state index in [2.05, 4.69) is 15.5 Å². The molecule has 0 bridgehead atoms. The number of likely N-dealkylation sites (N-methyl/N-ethyl adjacent to an activating group) is 1. The number of hydrogen-bond donors (Lipinski definition) is 2. The van der Waals surface area contributed by atoms with Gasteiger partial charge in [-0.1, -0.05) is 0 Å². The molecule has 0 radical (unpaired) electrons. The van der Waals surface area contributed by atoms with Crippen LogP contribution in [0.3, 0.4) is 0 Å². The molecule has 2 saturated heterocycles. The molecule has 2 heterocycles. The summed E-state index contributed by atoms with van der Waals surface area (Å²) < 4.78 is 0. The fourth-order valence-corrected chi connectivity index (χ4v) is 2.91. The van der Waals surface area contributed by atoms with Crippen LogP contribution in [0.25, 0.3) is 0 Å². The number of amides is 2. The number of carbonyl (C=O) groups excluding carboxylic acids is 2. The average Bonchev–Trinajstić information content (AvgIpc) is 2.49. The van der Waals surface area contributed by atoms with Crippen molar-refractivity contribution in [1.29, 1.82) is 0 Å². The highest BCUT2D eigenvalue weighted by Gasteiger charge is 2.24. The van der Waals surface area contributed by atoms with E-state index in [1.165, 1.54) is 6.42 Å². The van der Waals surface area contributed by atoms with Gasteiger partial charge in [0.25, 0.3) is 0 Å². The lowest BCUT2D eigenvalue weighted by Gasteiger charge is -2.35. The summed E-state index contributed by atoms with van der Waals surface area (Å²) >= 11 is 0. The van der Waals surface area contributed by atoms with Crippen molar-refractivity contribution in [3.05, 3.63) is 0 Å². The molecule has 6 nitrogen and oxygen atoms in total. The second-order valence-corrected chi connectivity index (χ2v) is 5.75. The van der Waals surface area contributed by atoms with E-state index in [1.807, 2.05) is 4.90 Å². The Balaban J connectivity index is 1.69. The molecule has 2 fully saturated rings. The first-order valence-corrected chi connectivity index (χ1v) is 7.60. The summed E-state index contributed by atoms with van der Waals surface area (Å²) in [6, 6.07) is 0. The van der Waals surface area contributed by atoms with Gasteiger partial charge in [0.05, 0.1) is 6.54 Å². The smallest absolute Gasteiger partial charge is 0.233 e. The lowest BCUT2D eigenvalue weighted by atomic mass is 9.95. The van der Waals surface area contributed by atoms with Crippen molar-refractivity contribution in [3.8, 4) is 0 Å². The zero-order chi connectivity index (χ0) is 14.4. The van der Waals surface area contributed by atoms with Gasteiger partial charge < -0.3 is 15.5 Å². The summed E-state index contributed by atoms with van der Waals surface area (Å²) in [6.07, 6.45) is 3.01. The summed E-state index contributed by atoms with van der Waals surface area (Å²) in [5, 5.41) is 5.99. The van der Waals surface area contributed by atoms with Gasteiger partial charge in [0.2, 0.25) is 11.8 Å². The van der Waals surface area contributed by atoms with E-state index in [4.69, 9.17) is 0 Å². The van der Waals surface area contributed by atoms with E-state index in [0.29, 0.717) is 18.9 Å². The first-order chi connectivity index (χ1) is 9.69. The van der Waals surface area contributed by atoms with Gasteiger partial charge in [-0.15, -0.1) is 0 Å². The van der Waals surface area contributed by atoms with Crippen molar-refractivity contribution in [1.82, 2.24) is 20.4 Å². The summed E-state index contributed by atoms with van der Waals surface area (Å²) in [7, 11) is 1.65. The molecule has 0 aromatic heterocycles. The minimum atomic E-state index is 0.0399. The zero-order valence-electron chi connectivity index (χ0n) is 12.4. The molecule has 2 aliphatic rings. The molecule has 2 amide bonds. The minimum absolute atomic E-state index is 0.0399. The van der Waals surface area contributed by atoms with Crippen LogP contribution in [0.5, 0.6) is 0 Å². The second-order valence-electron chi connectivity index (χ2n) is 5.75. The molecule has 114 valence electrons. The molecule has 2 rings (SSSR count). The molecule has 0 saturated carbocycles. The van der Waals surface area contributed by atoms with Crippen LogP contribution in [0.1, 0.15) is 19.3 Å². The first-order valence-electron chi connectivity index (χ1n) is 7.60. The predicted molar refractivity (Wildman–Crippen MR) is 77.3 cm³/mol. The predicted octanol–water partition coefficient (Wildman–Crippen LogP) is -0.734. The van der Waals surface area contributed by atoms with Gasteiger partial charge in [-0.2, -0.15) is 0 Å². The number of nitrogens with one attached hydrogen (secondary N) is 2. The monoisotopic (exact) mass is 282 g/mol. The van der Waals surface area contributed by atoms with Gasteiger partial charge in [0, 0.05) is 39.6 Å². The number of rotatable bonds is 4. The molecule has 2 N–H and O–H groups in total. The normalized spacial score (nSPS) is 24.4. The Morgan fingerprint density at radius 1 is 1.25 bits per heavy atom. The van der Waals surface area contributed by atoms with Crippen LogP contribution in [0.2, 0.25) is 0 Å². The highest BCUT2D eigenvalue weighted by atomic mass is 16.2. The van der Waals surface area contributed by atoms with Gasteiger partial charge in [-0.05, 0) is 31.8 Å². The van der Waals surface area contributed by atoms with Crippen LogP contribution in [-0.2, 0) is 9.59 Å². The van der Waals surface area contributed by atoms with Crippen molar-refractivity contribution in [2.45, 2.75) is 19.3 Å². The third-order valence-corrected chi connectivity index (χ3v) is 4.23. The molecule has 0 aromatic rings. The Morgan fingerprint density at radius 2 is 2.00 bits per heavy atom. The third-order valence-electron chi connectivity index (χ3n) is 4.23. The van der Waals surface area contributed by atoms with Crippen molar-refractivity contribution in [2.75, 3.05) is 52.9 Å². The first kappa shape index (κ1) is 15.3. The van der Waals surface area contributed by atoms with Gasteiger partial charge in [0.15, 0.2) is 0 Å². The summed E-state index contributed by atoms with van der Waals surface area (Å²) in [4.78, 5) is 27.6. The molecular formula is C14H26N4O2. The van der Waals surface area contributed by atoms with E-state index in [9.17, 15) is 9.59 Å². The molecule has 0 aromatic carbocycles. The van der Waals surface area contributed by atoms with Crippen molar-refractivity contribution >= 4 is 11.8 Å². The molecule has 20 heavy (non-hydrogen) atoms. The molecule has 0 spiro atoms. The standard InChI is InChI=1S/C14H26N4O2/c1-15-13(19)11-17-5-7-18(8-6-17)14(20)9-12-3-2-4-16-10-12/h12,16H,2-11H2,1H3,(H,15,19). The van der Waals surface area contributed by atoms with Crippen molar-refractivity contribution in [2.24, 2.45) is 5.92 Å². The molecule has 6 heteroatoms. The highest BCUT2D eigenvalue weighted by Crippen LogP contribution is 2.16. The van der Waals surface area contributed by atoms with Gasteiger partial charge >= 0.3 is 0 Å². The van der Waals surface area contributed by atoms with Crippen LogP contribution in [0, 0.1) is 5.92 Å². The van der Waals surface area contributed by atoms with Gasteiger partial charge in [0.1, 0.15) is 0 Å². The summed E-state index contributed by atoms with van der Waals surface area (Å²) in [5.74, 6) is 0.816. The van der Waals surface area contributed by atoms with E-state index < -0.39 is 0 Å². The fraction of sp³-hybridized carbons (Fsp3) is 0.857. The quantitative estimate of drug-likeness (QED) is 0.713. The van der Waals surface area contributed by atoms with E-state index in [-0.39, 0.29) is 11.8 Å². The number of piperazine rings is 1. The third kappa shape index (κ3) is 4.45. The van der Waals surface area contributed by atoms with Crippen LogP contribution >= 0.6 is 0 Å². The van der Waals surface area contributed by atoms with E-state index in [1.54, 1.807) is 7.05 Å². The van der Waals surface area contributed by atoms with Crippen molar-refractivity contribution < 1.29 is 9.59 Å². The summed E-state index contributed by atoms with van der Waals surface area (Å²) in [6.45, 7) is 5.58. The van der Waals surface area contributed by atoms with Crippen LogP contribution in [-0.4, -0.2) is 74.5 Å². The maximum absolute atomic E-state index is 12.3. The Morgan fingerprint density at radius 3 is 2.60 bits per heavy atom.